The highest BCUT2D eigenvalue weighted by Gasteiger charge is 2.24. The van der Waals surface area contributed by atoms with E-state index in [4.69, 9.17) is 0 Å². The van der Waals surface area contributed by atoms with Gasteiger partial charge in [-0.05, 0) is 43.3 Å². The van der Waals surface area contributed by atoms with Crippen LogP contribution in [0.4, 0.5) is 11.4 Å². The molecule has 7 nitrogen and oxygen atoms in total. The quantitative estimate of drug-likeness (QED) is 0.664. The number of amides is 2. The molecule has 0 radical (unpaired) electrons. The normalized spacial score (nSPS) is 14.5. The Bertz CT molecular complexity index is 828. The summed E-state index contributed by atoms with van der Waals surface area (Å²) >= 11 is 0. The van der Waals surface area contributed by atoms with Crippen molar-refractivity contribution in [1.29, 1.82) is 0 Å². The first-order valence-electron chi connectivity index (χ1n) is 9.89. The molecule has 1 aliphatic heterocycles. The van der Waals surface area contributed by atoms with Crippen LogP contribution in [-0.2, 0) is 9.59 Å². The van der Waals surface area contributed by atoms with E-state index in [9.17, 15) is 14.7 Å². The van der Waals surface area contributed by atoms with E-state index in [0.29, 0.717) is 6.54 Å². The predicted molar refractivity (Wildman–Crippen MR) is 113 cm³/mol. The van der Waals surface area contributed by atoms with Crippen molar-refractivity contribution in [2.24, 2.45) is 0 Å². The molecular formula is C22H29N4O3+. The fraction of sp³-hybridized carbons (Fsp3) is 0.364. The number of hydrogen-bond donors (Lipinski definition) is 3. The summed E-state index contributed by atoms with van der Waals surface area (Å²) < 4.78 is 0. The molecule has 2 aromatic carbocycles. The molecule has 7 heteroatoms. The van der Waals surface area contributed by atoms with Crippen molar-refractivity contribution < 1.29 is 19.6 Å². The average Bonchev–Trinajstić information content (AvgIpc) is 2.71. The molecule has 1 saturated heterocycles. The Morgan fingerprint density at radius 2 is 1.69 bits per heavy atom. The number of anilines is 2. The lowest BCUT2D eigenvalue weighted by Crippen LogP contribution is -3.15. The number of carbonyl (C=O) groups excluding carboxylic acids is 2. The van der Waals surface area contributed by atoms with E-state index in [-0.39, 0.29) is 24.1 Å². The summed E-state index contributed by atoms with van der Waals surface area (Å²) in [7, 11) is 1.67. The Labute approximate surface area is 171 Å². The van der Waals surface area contributed by atoms with Gasteiger partial charge in [-0.3, -0.25) is 9.59 Å². The topological polar surface area (TPSA) is 77.3 Å². The van der Waals surface area contributed by atoms with Crippen LogP contribution in [-0.4, -0.2) is 68.1 Å². The summed E-state index contributed by atoms with van der Waals surface area (Å²) in [6, 6.07) is 14.8. The highest BCUT2D eigenvalue weighted by molar-refractivity contribution is 5.94. The summed E-state index contributed by atoms with van der Waals surface area (Å²) in [5, 5.41) is 12.2. The summed E-state index contributed by atoms with van der Waals surface area (Å²) in [5.41, 5.74) is 2.94. The number of piperazine rings is 1. The molecule has 1 aliphatic rings. The van der Waals surface area contributed by atoms with Crippen molar-refractivity contribution in [3.05, 3.63) is 54.1 Å². The number of phenolic OH excluding ortho intramolecular Hbond substituents is 1. The second-order valence-electron chi connectivity index (χ2n) is 7.59. The monoisotopic (exact) mass is 397 g/mol. The molecule has 3 N–H and O–H groups in total. The Balaban J connectivity index is 1.42. The molecule has 0 saturated carbocycles. The average molecular weight is 397 g/mol. The van der Waals surface area contributed by atoms with Gasteiger partial charge in [-0.15, -0.1) is 0 Å². The molecule has 0 unspecified atom stereocenters. The highest BCUT2D eigenvalue weighted by Crippen LogP contribution is 2.18. The van der Waals surface area contributed by atoms with Crippen molar-refractivity contribution >= 4 is 23.2 Å². The number of nitrogens with zero attached hydrogens (tertiary/aromatic N) is 2. The lowest BCUT2D eigenvalue weighted by Gasteiger charge is -2.33. The van der Waals surface area contributed by atoms with Crippen molar-refractivity contribution in [1.82, 2.24) is 4.90 Å². The number of phenols is 1. The highest BCUT2D eigenvalue weighted by atomic mass is 16.3. The Morgan fingerprint density at radius 3 is 2.31 bits per heavy atom. The third-order valence-corrected chi connectivity index (χ3v) is 5.23. The van der Waals surface area contributed by atoms with E-state index in [1.165, 1.54) is 9.80 Å². The van der Waals surface area contributed by atoms with Crippen LogP contribution in [0.3, 0.4) is 0 Å². The van der Waals surface area contributed by atoms with Crippen LogP contribution < -0.4 is 15.1 Å². The first-order valence-corrected chi connectivity index (χ1v) is 9.89. The number of likely N-dealkylation sites (N-methyl/N-ethyl adjacent to an activating group) is 1. The Kier molecular flexibility index (Phi) is 6.72. The van der Waals surface area contributed by atoms with E-state index >= 15 is 0 Å². The first kappa shape index (κ1) is 20.7. The van der Waals surface area contributed by atoms with Crippen molar-refractivity contribution in [3.63, 3.8) is 0 Å². The molecule has 0 aliphatic carbocycles. The van der Waals surface area contributed by atoms with E-state index < -0.39 is 0 Å². The van der Waals surface area contributed by atoms with Crippen LogP contribution in [0.2, 0.25) is 0 Å². The van der Waals surface area contributed by atoms with Gasteiger partial charge < -0.3 is 25.1 Å². The summed E-state index contributed by atoms with van der Waals surface area (Å²) in [6.45, 7) is 5.84. The molecule has 1 fully saturated rings. The Hall–Kier alpha value is -3.06. The minimum absolute atomic E-state index is 0.0304. The number of quaternary nitrogens is 1. The van der Waals surface area contributed by atoms with E-state index in [2.05, 4.69) is 10.2 Å². The van der Waals surface area contributed by atoms with Gasteiger partial charge in [0.15, 0.2) is 6.54 Å². The number of hydrogen-bond acceptors (Lipinski definition) is 4. The lowest BCUT2D eigenvalue weighted by atomic mass is 10.2. The van der Waals surface area contributed by atoms with Gasteiger partial charge in [0.2, 0.25) is 5.91 Å². The van der Waals surface area contributed by atoms with Gasteiger partial charge in [-0.25, -0.2) is 0 Å². The van der Waals surface area contributed by atoms with Gasteiger partial charge in [0.1, 0.15) is 5.75 Å². The zero-order valence-corrected chi connectivity index (χ0v) is 17.0. The SMILES string of the molecule is Cc1ccc(NC(=O)CN(C)C(=O)C[NH+]2CCN(c3ccc(O)cc3)CC2)cc1. The van der Waals surface area contributed by atoms with Gasteiger partial charge in [0.05, 0.1) is 32.7 Å². The Morgan fingerprint density at radius 1 is 1.07 bits per heavy atom. The van der Waals surface area contributed by atoms with Crippen LogP contribution in [0.25, 0.3) is 0 Å². The van der Waals surface area contributed by atoms with Gasteiger partial charge >= 0.3 is 0 Å². The van der Waals surface area contributed by atoms with Crippen LogP contribution in [0, 0.1) is 6.92 Å². The molecule has 154 valence electrons. The van der Waals surface area contributed by atoms with E-state index in [1.54, 1.807) is 19.2 Å². The maximum Gasteiger partial charge on any atom is 0.277 e. The standard InChI is InChI=1S/C22H28N4O3/c1-17-3-5-18(6-4-17)23-21(28)15-24(2)22(29)16-25-11-13-26(14-12-25)19-7-9-20(27)10-8-19/h3-10,27H,11-16H2,1-2H3,(H,23,28)/p+1. The molecule has 3 rings (SSSR count). The number of aryl methyl sites for hydroxylation is 1. The molecule has 0 atom stereocenters. The number of carbonyl (C=O) groups is 2. The molecule has 29 heavy (non-hydrogen) atoms. The van der Waals surface area contributed by atoms with Crippen molar-refractivity contribution in [2.45, 2.75) is 6.92 Å². The van der Waals surface area contributed by atoms with Crippen molar-refractivity contribution in [3.8, 4) is 5.75 Å². The zero-order valence-electron chi connectivity index (χ0n) is 17.0. The minimum Gasteiger partial charge on any atom is -0.508 e. The van der Waals surface area contributed by atoms with Crippen LogP contribution >= 0.6 is 0 Å². The molecule has 0 bridgehead atoms. The van der Waals surface area contributed by atoms with Gasteiger partial charge in [0.25, 0.3) is 5.91 Å². The molecule has 2 amide bonds. The largest absolute Gasteiger partial charge is 0.508 e. The van der Waals surface area contributed by atoms with Crippen LogP contribution in [0.1, 0.15) is 5.56 Å². The van der Waals surface area contributed by atoms with Gasteiger partial charge in [-0.2, -0.15) is 0 Å². The maximum atomic E-state index is 12.5. The lowest BCUT2D eigenvalue weighted by molar-refractivity contribution is -0.892. The van der Waals surface area contributed by atoms with Crippen molar-refractivity contribution in [2.75, 3.05) is 56.5 Å². The molecule has 0 aromatic heterocycles. The smallest absolute Gasteiger partial charge is 0.277 e. The molecule has 1 heterocycles. The molecule has 0 spiro atoms. The fourth-order valence-electron chi connectivity index (χ4n) is 3.41. The van der Waals surface area contributed by atoms with Crippen LogP contribution in [0.15, 0.2) is 48.5 Å². The number of nitrogens with one attached hydrogen (secondary N) is 2. The van der Waals surface area contributed by atoms with Crippen LogP contribution in [0.5, 0.6) is 5.75 Å². The van der Waals surface area contributed by atoms with Gasteiger partial charge in [-0.1, -0.05) is 17.7 Å². The van der Waals surface area contributed by atoms with E-state index in [0.717, 1.165) is 43.1 Å². The number of rotatable bonds is 6. The zero-order chi connectivity index (χ0) is 20.8. The molecule has 2 aromatic rings. The number of aromatic hydroxyl groups is 1. The third kappa shape index (κ3) is 5.96. The summed E-state index contributed by atoms with van der Waals surface area (Å²) in [4.78, 5) is 29.7. The second kappa shape index (κ2) is 9.43. The summed E-state index contributed by atoms with van der Waals surface area (Å²) in [5.74, 6) is 0.0343. The first-order chi connectivity index (χ1) is 13.9. The third-order valence-electron chi connectivity index (χ3n) is 5.23. The summed E-state index contributed by atoms with van der Waals surface area (Å²) in [6.07, 6.45) is 0. The second-order valence-corrected chi connectivity index (χ2v) is 7.59. The number of benzene rings is 2. The fourth-order valence-corrected chi connectivity index (χ4v) is 3.41. The minimum atomic E-state index is -0.197. The van der Waals surface area contributed by atoms with E-state index in [1.807, 2.05) is 43.3 Å². The van der Waals surface area contributed by atoms with Gasteiger partial charge in [0, 0.05) is 18.4 Å². The maximum absolute atomic E-state index is 12.5. The molecular weight excluding hydrogens is 368 g/mol. The predicted octanol–water partition coefficient (Wildman–Crippen LogP) is 0.503.